The monoisotopic (exact) mass is 484 g/mol. The minimum absolute atomic E-state index is 0.0127. The number of carbonyl (C=O) groups is 1. The third kappa shape index (κ3) is 7.05. The molecule has 1 unspecified atom stereocenters. The first-order valence-electron chi connectivity index (χ1n) is 11.5. The normalized spacial score (nSPS) is 22.1. The van der Waals surface area contributed by atoms with Crippen LogP contribution in [0.25, 0.3) is 11.1 Å². The molecule has 1 amide bonds. The van der Waals surface area contributed by atoms with E-state index in [1.807, 2.05) is 50.4 Å². The summed E-state index contributed by atoms with van der Waals surface area (Å²) in [7, 11) is 4.54. The lowest BCUT2D eigenvalue weighted by Crippen LogP contribution is -2.45. The topological polar surface area (TPSA) is 119 Å². The highest BCUT2D eigenvalue weighted by atomic mass is 31.0. The van der Waals surface area contributed by atoms with E-state index in [0.29, 0.717) is 36.8 Å². The number of ether oxygens (including phenoxy) is 1. The Morgan fingerprint density at radius 3 is 2.59 bits per heavy atom. The highest BCUT2D eigenvalue weighted by Crippen LogP contribution is 2.24. The van der Waals surface area contributed by atoms with Crippen molar-refractivity contribution in [3.8, 4) is 17.2 Å². The van der Waals surface area contributed by atoms with Crippen LogP contribution in [0.15, 0.2) is 42.6 Å². The second-order valence-electron chi connectivity index (χ2n) is 8.78. The maximum Gasteiger partial charge on any atom is 0.221 e. The molecule has 3 N–H and O–H groups in total. The number of nitriles is 1. The summed E-state index contributed by atoms with van der Waals surface area (Å²) in [6.07, 6.45) is 2.18. The fraction of sp³-hybridized carbons (Fsp3) is 0.480. The van der Waals surface area contributed by atoms with Gasteiger partial charge in [-0.1, -0.05) is 24.3 Å². The molecular weight excluding hydrogens is 451 g/mol. The van der Waals surface area contributed by atoms with Crippen molar-refractivity contribution in [3.63, 3.8) is 0 Å². The summed E-state index contributed by atoms with van der Waals surface area (Å²) in [6.45, 7) is 2.50. The molecule has 8 nitrogen and oxygen atoms in total. The molecule has 2 aromatic rings. The number of nitrogens with one attached hydrogen (secondary N) is 1. The number of rotatable bonds is 9. The zero-order valence-electron chi connectivity index (χ0n) is 19.6. The Bertz CT molecular complexity index is 970. The van der Waals surface area contributed by atoms with Gasteiger partial charge in [-0.3, -0.25) is 4.79 Å². The number of benzene rings is 1. The number of aromatic nitrogens is 1. The van der Waals surface area contributed by atoms with Gasteiger partial charge < -0.3 is 25.2 Å². The first kappa shape index (κ1) is 26.2. The van der Waals surface area contributed by atoms with E-state index >= 15 is 0 Å². The highest BCUT2D eigenvalue weighted by Gasteiger charge is 2.29. The second-order valence-corrected chi connectivity index (χ2v) is 9.25. The SMILES string of the molecule is C[C@@H]1C[C@H](N(C)CCC(=O)N[C@H](CP)[C@H](O)c2ccc(-c3ccc(C#N)nc3)cc2)C[C@H](O)O1. The number of aliphatic hydroxyl groups is 2. The Labute approximate surface area is 203 Å². The lowest BCUT2D eigenvalue weighted by atomic mass is 9.99. The molecule has 1 aliphatic rings. The molecule has 1 saturated heterocycles. The molecule has 0 aliphatic carbocycles. The van der Waals surface area contributed by atoms with Crippen molar-refractivity contribution in [2.75, 3.05) is 19.8 Å². The quantitative estimate of drug-likeness (QED) is 0.467. The second kappa shape index (κ2) is 12.3. The van der Waals surface area contributed by atoms with Gasteiger partial charge in [0.25, 0.3) is 0 Å². The number of carbonyl (C=O) groups excluding carboxylic acids is 1. The lowest BCUT2D eigenvalue weighted by Gasteiger charge is -2.36. The minimum atomic E-state index is -0.848. The predicted molar refractivity (Wildman–Crippen MR) is 133 cm³/mol. The van der Waals surface area contributed by atoms with Crippen molar-refractivity contribution in [1.29, 1.82) is 5.26 Å². The standard InChI is InChI=1S/C25H33N4O4P/c1-16-11-21(12-24(31)33-16)29(2)10-9-23(30)28-22(15-34)25(32)18-5-3-17(4-6-18)19-7-8-20(13-26)27-14-19/h3-8,14,16,21-22,24-25,31-32H,9-12,15,34H2,1-2H3,(H,28,30)/t16-,21+,22-,24-,25-/m1/s1. The van der Waals surface area contributed by atoms with E-state index in [0.717, 1.165) is 17.5 Å². The molecule has 1 aromatic carbocycles. The van der Waals surface area contributed by atoms with Crippen molar-refractivity contribution in [2.24, 2.45) is 0 Å². The maximum atomic E-state index is 12.6. The van der Waals surface area contributed by atoms with Crippen LogP contribution in [0.5, 0.6) is 0 Å². The molecule has 0 spiro atoms. The average molecular weight is 485 g/mol. The third-order valence-electron chi connectivity index (χ3n) is 6.23. The predicted octanol–water partition coefficient (Wildman–Crippen LogP) is 2.22. The number of pyridine rings is 1. The zero-order valence-corrected chi connectivity index (χ0v) is 20.7. The first-order chi connectivity index (χ1) is 16.3. The van der Waals surface area contributed by atoms with E-state index in [2.05, 4.69) is 24.4 Å². The summed E-state index contributed by atoms with van der Waals surface area (Å²) in [5, 5.41) is 32.5. The lowest BCUT2D eigenvalue weighted by molar-refractivity contribution is -0.173. The van der Waals surface area contributed by atoms with Crippen LogP contribution in [0.2, 0.25) is 0 Å². The largest absolute Gasteiger partial charge is 0.386 e. The van der Waals surface area contributed by atoms with E-state index in [-0.39, 0.29) is 18.1 Å². The number of nitrogens with zero attached hydrogens (tertiary/aromatic N) is 3. The van der Waals surface area contributed by atoms with Crippen LogP contribution in [0.4, 0.5) is 0 Å². The van der Waals surface area contributed by atoms with Crippen LogP contribution in [0.1, 0.15) is 43.5 Å². The molecule has 2 heterocycles. The van der Waals surface area contributed by atoms with Crippen molar-refractivity contribution < 1.29 is 19.7 Å². The van der Waals surface area contributed by atoms with Crippen molar-refractivity contribution in [2.45, 2.75) is 56.8 Å². The van der Waals surface area contributed by atoms with Crippen LogP contribution in [-0.2, 0) is 9.53 Å². The van der Waals surface area contributed by atoms with Crippen LogP contribution in [0.3, 0.4) is 0 Å². The van der Waals surface area contributed by atoms with E-state index < -0.39 is 18.4 Å². The Kier molecular flexibility index (Phi) is 9.52. The van der Waals surface area contributed by atoms with Crippen molar-refractivity contribution >= 4 is 15.1 Å². The molecule has 6 atom stereocenters. The fourth-order valence-electron chi connectivity index (χ4n) is 4.19. The summed E-state index contributed by atoms with van der Waals surface area (Å²) in [5.41, 5.74) is 2.88. The average Bonchev–Trinajstić information content (AvgIpc) is 2.85. The van der Waals surface area contributed by atoms with E-state index in [9.17, 15) is 15.0 Å². The number of amides is 1. The number of aliphatic hydroxyl groups excluding tert-OH is 2. The van der Waals surface area contributed by atoms with Gasteiger partial charge in [0, 0.05) is 37.2 Å². The van der Waals surface area contributed by atoms with E-state index in [1.165, 1.54) is 0 Å². The highest BCUT2D eigenvalue weighted by molar-refractivity contribution is 7.16. The molecule has 182 valence electrons. The molecule has 0 bridgehead atoms. The van der Waals surface area contributed by atoms with Gasteiger partial charge in [0.15, 0.2) is 6.29 Å². The molecule has 1 aromatic heterocycles. The molecule has 1 fully saturated rings. The third-order valence-corrected chi connectivity index (χ3v) is 6.73. The number of hydrogen-bond donors (Lipinski definition) is 3. The van der Waals surface area contributed by atoms with Gasteiger partial charge in [0.1, 0.15) is 11.8 Å². The summed E-state index contributed by atoms with van der Waals surface area (Å²) in [5.74, 6) is -0.126. The number of hydrogen-bond acceptors (Lipinski definition) is 7. The Morgan fingerprint density at radius 2 is 2.00 bits per heavy atom. The summed E-state index contributed by atoms with van der Waals surface area (Å²) >= 11 is 0. The van der Waals surface area contributed by atoms with Gasteiger partial charge in [-0.05, 0) is 49.8 Å². The summed E-state index contributed by atoms with van der Waals surface area (Å²) in [6, 6.07) is 12.7. The zero-order chi connectivity index (χ0) is 24.7. The molecule has 3 rings (SSSR count). The van der Waals surface area contributed by atoms with Gasteiger partial charge in [-0.15, -0.1) is 9.24 Å². The molecular formula is C25H33N4O4P. The van der Waals surface area contributed by atoms with Gasteiger partial charge >= 0.3 is 0 Å². The van der Waals surface area contributed by atoms with Crippen LogP contribution < -0.4 is 5.32 Å². The Balaban J connectivity index is 1.53. The summed E-state index contributed by atoms with van der Waals surface area (Å²) < 4.78 is 5.37. The maximum absolute atomic E-state index is 12.6. The van der Waals surface area contributed by atoms with Gasteiger partial charge in [0.2, 0.25) is 5.91 Å². The Morgan fingerprint density at radius 1 is 1.29 bits per heavy atom. The molecule has 1 aliphatic heterocycles. The van der Waals surface area contributed by atoms with Gasteiger partial charge in [-0.25, -0.2) is 4.98 Å². The smallest absolute Gasteiger partial charge is 0.221 e. The molecule has 9 heteroatoms. The summed E-state index contributed by atoms with van der Waals surface area (Å²) in [4.78, 5) is 18.8. The van der Waals surface area contributed by atoms with Crippen molar-refractivity contribution in [1.82, 2.24) is 15.2 Å². The first-order valence-corrected chi connectivity index (χ1v) is 12.3. The van der Waals surface area contributed by atoms with Crippen molar-refractivity contribution in [3.05, 3.63) is 53.9 Å². The minimum Gasteiger partial charge on any atom is -0.386 e. The van der Waals surface area contributed by atoms with Gasteiger partial charge in [-0.2, -0.15) is 5.26 Å². The molecule has 0 saturated carbocycles. The van der Waals surface area contributed by atoms with Gasteiger partial charge in [0.05, 0.1) is 18.2 Å². The molecule has 0 radical (unpaired) electrons. The van der Waals surface area contributed by atoms with Crippen LogP contribution in [0, 0.1) is 11.3 Å². The van der Waals surface area contributed by atoms with Crippen LogP contribution in [-0.4, -0.2) is 70.2 Å². The fourth-order valence-corrected chi connectivity index (χ4v) is 4.57. The molecule has 34 heavy (non-hydrogen) atoms. The Hall–Kier alpha value is -2.40. The van der Waals surface area contributed by atoms with Crippen LogP contribution >= 0.6 is 9.24 Å². The van der Waals surface area contributed by atoms with E-state index in [1.54, 1.807) is 12.3 Å². The van der Waals surface area contributed by atoms with E-state index in [4.69, 9.17) is 10.00 Å².